The first kappa shape index (κ1) is 15.7. The highest BCUT2D eigenvalue weighted by atomic mass is 16.3. The van der Waals surface area contributed by atoms with E-state index in [0.717, 1.165) is 0 Å². The Balaban J connectivity index is 2.50. The number of rotatable bonds is 7. The van der Waals surface area contributed by atoms with Crippen molar-refractivity contribution in [1.29, 1.82) is 0 Å². The maximum Gasteiger partial charge on any atom is 0.220 e. The molecule has 2 atom stereocenters. The first-order valence-electron chi connectivity index (χ1n) is 6.99. The van der Waals surface area contributed by atoms with Crippen LogP contribution in [0.2, 0.25) is 0 Å². The highest BCUT2D eigenvalue weighted by molar-refractivity contribution is 5.77. The molecule has 0 aliphatic rings. The highest BCUT2D eigenvalue weighted by Crippen LogP contribution is 2.18. The van der Waals surface area contributed by atoms with Crippen molar-refractivity contribution in [2.24, 2.45) is 5.92 Å². The lowest BCUT2D eigenvalue weighted by molar-refractivity contribution is -0.122. The Labute approximate surface area is 116 Å². The SMILES string of the molecule is CC(CC(=O)NC(CCO)C(C)C)c1ccccc1. The van der Waals surface area contributed by atoms with E-state index in [4.69, 9.17) is 5.11 Å². The molecule has 2 N–H and O–H groups in total. The van der Waals surface area contributed by atoms with Gasteiger partial charge in [0.15, 0.2) is 0 Å². The average Bonchev–Trinajstić information content (AvgIpc) is 2.39. The van der Waals surface area contributed by atoms with Crippen LogP contribution in [0.1, 0.15) is 45.1 Å². The number of hydrogen-bond acceptors (Lipinski definition) is 2. The standard InChI is InChI=1S/C16H25NO2/c1-12(2)15(9-10-18)17-16(19)11-13(3)14-7-5-4-6-8-14/h4-8,12-13,15,18H,9-11H2,1-3H3,(H,17,19). The van der Waals surface area contributed by atoms with E-state index in [2.05, 4.69) is 26.1 Å². The van der Waals surface area contributed by atoms with Crippen molar-refractivity contribution in [2.75, 3.05) is 6.61 Å². The summed E-state index contributed by atoms with van der Waals surface area (Å²) in [6, 6.07) is 10.1. The van der Waals surface area contributed by atoms with Crippen molar-refractivity contribution in [1.82, 2.24) is 5.32 Å². The van der Waals surface area contributed by atoms with E-state index >= 15 is 0 Å². The Kier molecular flexibility index (Phi) is 6.57. The van der Waals surface area contributed by atoms with Gasteiger partial charge < -0.3 is 10.4 Å². The Morgan fingerprint density at radius 1 is 1.21 bits per heavy atom. The van der Waals surface area contributed by atoms with Crippen LogP contribution in [0.25, 0.3) is 0 Å². The van der Waals surface area contributed by atoms with Crippen LogP contribution in [0.15, 0.2) is 30.3 Å². The first-order valence-corrected chi connectivity index (χ1v) is 6.99. The van der Waals surface area contributed by atoms with Crippen molar-refractivity contribution < 1.29 is 9.90 Å². The average molecular weight is 263 g/mol. The summed E-state index contributed by atoms with van der Waals surface area (Å²) in [5.41, 5.74) is 1.18. The van der Waals surface area contributed by atoms with Gasteiger partial charge >= 0.3 is 0 Å². The van der Waals surface area contributed by atoms with Gasteiger partial charge in [0, 0.05) is 19.1 Å². The summed E-state index contributed by atoms with van der Waals surface area (Å²) in [4.78, 5) is 12.0. The Hall–Kier alpha value is -1.35. The molecule has 2 unspecified atom stereocenters. The van der Waals surface area contributed by atoms with Crippen LogP contribution in [-0.2, 0) is 4.79 Å². The van der Waals surface area contributed by atoms with Gasteiger partial charge in [-0.3, -0.25) is 4.79 Å². The van der Waals surface area contributed by atoms with Gasteiger partial charge in [-0.05, 0) is 23.8 Å². The summed E-state index contributed by atoms with van der Waals surface area (Å²) in [6.07, 6.45) is 1.10. The number of carbonyl (C=O) groups is 1. The number of nitrogens with one attached hydrogen (secondary N) is 1. The largest absolute Gasteiger partial charge is 0.396 e. The molecule has 0 aromatic heterocycles. The molecular formula is C16H25NO2. The summed E-state index contributed by atoms with van der Waals surface area (Å²) < 4.78 is 0. The Morgan fingerprint density at radius 3 is 2.37 bits per heavy atom. The normalized spacial score (nSPS) is 14.2. The minimum absolute atomic E-state index is 0.0560. The predicted octanol–water partition coefficient (Wildman–Crippen LogP) is 2.70. The summed E-state index contributed by atoms with van der Waals surface area (Å²) in [5.74, 6) is 0.606. The van der Waals surface area contributed by atoms with Crippen molar-refractivity contribution >= 4 is 5.91 Å². The van der Waals surface area contributed by atoms with E-state index in [0.29, 0.717) is 18.8 Å². The predicted molar refractivity (Wildman–Crippen MR) is 77.9 cm³/mol. The summed E-state index contributed by atoms with van der Waals surface area (Å²) in [7, 11) is 0. The van der Waals surface area contributed by atoms with Gasteiger partial charge in [-0.25, -0.2) is 0 Å². The molecule has 0 bridgehead atoms. The fourth-order valence-corrected chi connectivity index (χ4v) is 2.15. The molecule has 1 amide bonds. The zero-order valence-corrected chi connectivity index (χ0v) is 12.1. The second-order valence-electron chi connectivity index (χ2n) is 5.45. The fraction of sp³-hybridized carbons (Fsp3) is 0.562. The molecule has 0 radical (unpaired) electrons. The van der Waals surface area contributed by atoms with E-state index in [1.807, 2.05) is 30.3 Å². The molecular weight excluding hydrogens is 238 g/mol. The summed E-state index contributed by atoms with van der Waals surface area (Å²) >= 11 is 0. The van der Waals surface area contributed by atoms with E-state index in [9.17, 15) is 4.79 Å². The molecule has 0 aliphatic heterocycles. The fourth-order valence-electron chi connectivity index (χ4n) is 2.15. The second-order valence-corrected chi connectivity index (χ2v) is 5.45. The Morgan fingerprint density at radius 2 is 1.84 bits per heavy atom. The van der Waals surface area contributed by atoms with Gasteiger partial charge in [-0.1, -0.05) is 51.1 Å². The zero-order valence-electron chi connectivity index (χ0n) is 12.1. The maximum atomic E-state index is 12.0. The molecule has 0 saturated carbocycles. The number of aliphatic hydroxyl groups is 1. The topological polar surface area (TPSA) is 49.3 Å². The molecule has 3 nitrogen and oxygen atoms in total. The van der Waals surface area contributed by atoms with Crippen LogP contribution in [-0.4, -0.2) is 23.7 Å². The van der Waals surface area contributed by atoms with Crippen LogP contribution in [0.5, 0.6) is 0 Å². The minimum Gasteiger partial charge on any atom is -0.396 e. The lowest BCUT2D eigenvalue weighted by atomic mass is 9.96. The molecule has 1 rings (SSSR count). The lowest BCUT2D eigenvalue weighted by Gasteiger charge is -2.22. The second kappa shape index (κ2) is 7.95. The molecule has 0 spiro atoms. The van der Waals surface area contributed by atoms with Crippen LogP contribution >= 0.6 is 0 Å². The number of aliphatic hydroxyl groups excluding tert-OH is 1. The van der Waals surface area contributed by atoms with E-state index in [1.54, 1.807) is 0 Å². The third-order valence-corrected chi connectivity index (χ3v) is 3.45. The van der Waals surface area contributed by atoms with Gasteiger partial charge in [0.05, 0.1) is 0 Å². The van der Waals surface area contributed by atoms with Gasteiger partial charge in [0.25, 0.3) is 0 Å². The molecule has 19 heavy (non-hydrogen) atoms. The van der Waals surface area contributed by atoms with Crippen molar-refractivity contribution in [3.63, 3.8) is 0 Å². The van der Waals surface area contributed by atoms with Crippen LogP contribution in [0.4, 0.5) is 0 Å². The minimum atomic E-state index is 0.0560. The molecule has 0 fully saturated rings. The van der Waals surface area contributed by atoms with Crippen LogP contribution < -0.4 is 5.32 Å². The van der Waals surface area contributed by atoms with Crippen LogP contribution in [0.3, 0.4) is 0 Å². The number of amides is 1. The van der Waals surface area contributed by atoms with Gasteiger partial charge in [0.2, 0.25) is 5.91 Å². The lowest BCUT2D eigenvalue weighted by Crippen LogP contribution is -2.39. The van der Waals surface area contributed by atoms with Crippen molar-refractivity contribution in [3.05, 3.63) is 35.9 Å². The molecule has 0 aliphatic carbocycles. The molecule has 1 aromatic carbocycles. The third kappa shape index (κ3) is 5.43. The van der Waals surface area contributed by atoms with Crippen molar-refractivity contribution in [3.8, 4) is 0 Å². The smallest absolute Gasteiger partial charge is 0.220 e. The highest BCUT2D eigenvalue weighted by Gasteiger charge is 2.17. The summed E-state index contributed by atoms with van der Waals surface area (Å²) in [5, 5.41) is 12.0. The molecule has 0 saturated heterocycles. The van der Waals surface area contributed by atoms with E-state index < -0.39 is 0 Å². The molecule has 3 heteroatoms. The maximum absolute atomic E-state index is 12.0. The van der Waals surface area contributed by atoms with Crippen molar-refractivity contribution in [2.45, 2.75) is 45.6 Å². The van der Waals surface area contributed by atoms with E-state index in [1.165, 1.54) is 5.56 Å². The van der Waals surface area contributed by atoms with Gasteiger partial charge in [0.1, 0.15) is 0 Å². The Bertz CT molecular complexity index is 376. The quantitative estimate of drug-likeness (QED) is 0.794. The van der Waals surface area contributed by atoms with Gasteiger partial charge in [-0.2, -0.15) is 0 Å². The molecule has 106 valence electrons. The number of benzene rings is 1. The monoisotopic (exact) mass is 263 g/mol. The third-order valence-electron chi connectivity index (χ3n) is 3.45. The number of hydrogen-bond donors (Lipinski definition) is 2. The molecule has 1 aromatic rings. The first-order chi connectivity index (χ1) is 9.04. The zero-order chi connectivity index (χ0) is 14.3. The summed E-state index contributed by atoms with van der Waals surface area (Å²) in [6.45, 7) is 6.28. The van der Waals surface area contributed by atoms with E-state index in [-0.39, 0.29) is 24.5 Å². The van der Waals surface area contributed by atoms with Gasteiger partial charge in [-0.15, -0.1) is 0 Å². The van der Waals surface area contributed by atoms with Crippen LogP contribution in [0, 0.1) is 5.92 Å². The number of carbonyl (C=O) groups excluding carboxylic acids is 1. The molecule has 0 heterocycles.